The van der Waals surface area contributed by atoms with Crippen molar-refractivity contribution in [2.24, 2.45) is 0 Å². The van der Waals surface area contributed by atoms with Gasteiger partial charge in [0.15, 0.2) is 5.82 Å². The van der Waals surface area contributed by atoms with Crippen molar-refractivity contribution in [1.82, 2.24) is 24.7 Å². The van der Waals surface area contributed by atoms with E-state index in [9.17, 15) is 0 Å². The minimum absolute atomic E-state index is 0.223. The first kappa shape index (κ1) is 14.2. The van der Waals surface area contributed by atoms with E-state index < -0.39 is 0 Å². The fourth-order valence-electron chi connectivity index (χ4n) is 2.55. The smallest absolute Gasteiger partial charge is 0.222 e. The van der Waals surface area contributed by atoms with Crippen LogP contribution in [0.5, 0.6) is 0 Å². The predicted octanol–water partition coefficient (Wildman–Crippen LogP) is 2.06. The molecule has 0 spiro atoms. The van der Waals surface area contributed by atoms with Gasteiger partial charge in [0.1, 0.15) is 17.5 Å². The molecule has 4 aromatic rings. The van der Waals surface area contributed by atoms with E-state index in [1.807, 2.05) is 35.0 Å². The van der Waals surface area contributed by atoms with Gasteiger partial charge in [-0.3, -0.25) is 4.98 Å². The van der Waals surface area contributed by atoms with Gasteiger partial charge >= 0.3 is 0 Å². The third-order valence-electron chi connectivity index (χ3n) is 3.61. The van der Waals surface area contributed by atoms with Crippen LogP contribution in [0.1, 0.15) is 11.4 Å². The van der Waals surface area contributed by atoms with Crippen molar-refractivity contribution in [3.8, 4) is 0 Å². The maximum atomic E-state index is 5.82. The van der Waals surface area contributed by atoms with Crippen LogP contribution in [0.3, 0.4) is 0 Å². The van der Waals surface area contributed by atoms with E-state index in [1.54, 1.807) is 12.3 Å². The second kappa shape index (κ2) is 5.99. The Morgan fingerprint density at radius 2 is 2.08 bits per heavy atom. The number of nitrogen functional groups attached to an aromatic ring is 1. The van der Waals surface area contributed by atoms with E-state index in [2.05, 4.69) is 25.4 Å². The van der Waals surface area contributed by atoms with Crippen molar-refractivity contribution in [1.29, 1.82) is 0 Å². The van der Waals surface area contributed by atoms with Crippen molar-refractivity contribution in [2.75, 3.05) is 11.1 Å². The molecule has 0 unspecified atom stereocenters. The van der Waals surface area contributed by atoms with E-state index in [4.69, 9.17) is 10.3 Å². The summed E-state index contributed by atoms with van der Waals surface area (Å²) in [6, 6.07) is 9.55. The summed E-state index contributed by atoms with van der Waals surface area (Å²) in [5, 5.41) is 7.13. The van der Waals surface area contributed by atoms with Gasteiger partial charge < -0.3 is 20.1 Å². The molecule has 4 rings (SSSR count). The number of fused-ring (bicyclic) bond motifs is 1. The normalized spacial score (nSPS) is 11.0. The summed E-state index contributed by atoms with van der Waals surface area (Å²) in [4.78, 5) is 13.0. The summed E-state index contributed by atoms with van der Waals surface area (Å²) in [5.74, 6) is 0.877. The van der Waals surface area contributed by atoms with Crippen LogP contribution in [-0.2, 0) is 13.1 Å². The van der Waals surface area contributed by atoms with Crippen LogP contribution in [-0.4, -0.2) is 24.7 Å². The highest BCUT2D eigenvalue weighted by atomic mass is 16.5. The van der Waals surface area contributed by atoms with Gasteiger partial charge in [-0.1, -0.05) is 11.2 Å². The largest absolute Gasteiger partial charge is 0.368 e. The minimum Gasteiger partial charge on any atom is -0.368 e. The fraction of sp³-hybridized carbons (Fsp3) is 0.125. The van der Waals surface area contributed by atoms with E-state index in [0.29, 0.717) is 18.9 Å². The van der Waals surface area contributed by atoms with E-state index in [-0.39, 0.29) is 5.95 Å². The third-order valence-corrected chi connectivity index (χ3v) is 3.61. The summed E-state index contributed by atoms with van der Waals surface area (Å²) in [7, 11) is 0. The molecule has 24 heavy (non-hydrogen) atoms. The van der Waals surface area contributed by atoms with Crippen molar-refractivity contribution >= 4 is 22.8 Å². The zero-order valence-electron chi connectivity index (χ0n) is 12.8. The Morgan fingerprint density at radius 1 is 1.12 bits per heavy atom. The average molecular weight is 321 g/mol. The number of pyridine rings is 1. The molecule has 0 aromatic carbocycles. The Balaban J connectivity index is 1.70. The van der Waals surface area contributed by atoms with E-state index in [1.165, 1.54) is 6.26 Å². The fourth-order valence-corrected chi connectivity index (χ4v) is 2.55. The first-order valence-corrected chi connectivity index (χ1v) is 7.45. The van der Waals surface area contributed by atoms with Crippen LogP contribution >= 0.6 is 0 Å². The molecule has 4 aromatic heterocycles. The molecule has 0 aliphatic rings. The number of hydrogen-bond acceptors (Lipinski definition) is 7. The first-order chi connectivity index (χ1) is 11.8. The molecule has 0 radical (unpaired) electrons. The Bertz CT molecular complexity index is 947. The number of nitrogens with two attached hydrogens (primary N) is 1. The molecule has 0 aliphatic heterocycles. The highest BCUT2D eigenvalue weighted by Gasteiger charge is 2.12. The molecule has 3 N–H and O–H groups in total. The van der Waals surface area contributed by atoms with Gasteiger partial charge in [-0.25, -0.2) is 4.98 Å². The molecule has 0 fully saturated rings. The van der Waals surface area contributed by atoms with Gasteiger partial charge in [-0.2, -0.15) is 4.98 Å². The van der Waals surface area contributed by atoms with Crippen LogP contribution in [0, 0.1) is 0 Å². The molecular formula is C16H15N7O. The molecule has 0 aliphatic carbocycles. The Kier molecular flexibility index (Phi) is 3.54. The van der Waals surface area contributed by atoms with Crippen molar-refractivity contribution in [3.63, 3.8) is 0 Å². The van der Waals surface area contributed by atoms with Crippen LogP contribution in [0.4, 0.5) is 11.8 Å². The lowest BCUT2D eigenvalue weighted by Crippen LogP contribution is -2.08. The summed E-state index contributed by atoms with van der Waals surface area (Å²) >= 11 is 0. The molecule has 4 heterocycles. The van der Waals surface area contributed by atoms with Gasteiger partial charge in [0.2, 0.25) is 5.95 Å². The number of aromatic nitrogens is 5. The SMILES string of the molecule is Nc1nc(NCc2ccon2)c2c(ccn2Cc2ccccn2)n1. The van der Waals surface area contributed by atoms with Gasteiger partial charge in [0.05, 0.1) is 24.3 Å². The Morgan fingerprint density at radius 3 is 2.88 bits per heavy atom. The zero-order valence-corrected chi connectivity index (χ0v) is 12.8. The number of anilines is 2. The Labute approximate surface area is 137 Å². The van der Waals surface area contributed by atoms with Crippen LogP contribution in [0.25, 0.3) is 11.0 Å². The lowest BCUT2D eigenvalue weighted by Gasteiger charge is -2.10. The van der Waals surface area contributed by atoms with Crippen molar-refractivity contribution < 1.29 is 4.52 Å². The third kappa shape index (κ3) is 2.76. The van der Waals surface area contributed by atoms with Gasteiger partial charge in [-0.05, 0) is 18.2 Å². The molecule has 8 heteroatoms. The molecule has 0 saturated carbocycles. The van der Waals surface area contributed by atoms with Crippen molar-refractivity contribution in [3.05, 3.63) is 60.4 Å². The standard InChI is InChI=1S/C16H15N7O/c17-16-20-13-4-7-23(10-12-3-1-2-6-18-12)14(13)15(21-16)19-9-11-5-8-24-22-11/h1-8H,9-10H2,(H3,17,19,20,21). The van der Waals surface area contributed by atoms with Crippen LogP contribution < -0.4 is 11.1 Å². The predicted molar refractivity (Wildman–Crippen MR) is 89.1 cm³/mol. The van der Waals surface area contributed by atoms with Crippen LogP contribution in [0.2, 0.25) is 0 Å². The molecule has 120 valence electrons. The quantitative estimate of drug-likeness (QED) is 0.579. The summed E-state index contributed by atoms with van der Waals surface area (Å²) in [6.45, 7) is 1.10. The molecule has 0 saturated heterocycles. The maximum absolute atomic E-state index is 5.82. The topological polar surface area (TPSA) is 108 Å². The molecule has 0 amide bonds. The first-order valence-electron chi connectivity index (χ1n) is 7.45. The van der Waals surface area contributed by atoms with Crippen molar-refractivity contribution in [2.45, 2.75) is 13.1 Å². The number of nitrogens with zero attached hydrogens (tertiary/aromatic N) is 5. The summed E-state index contributed by atoms with van der Waals surface area (Å²) in [5.41, 5.74) is 9.20. The van der Waals surface area contributed by atoms with E-state index in [0.717, 1.165) is 22.4 Å². The van der Waals surface area contributed by atoms with Gasteiger partial charge in [-0.15, -0.1) is 0 Å². The average Bonchev–Trinajstić information content (AvgIpc) is 3.24. The van der Waals surface area contributed by atoms with Crippen LogP contribution in [0.15, 0.2) is 53.5 Å². The second-order valence-corrected chi connectivity index (χ2v) is 5.27. The number of hydrogen-bond donors (Lipinski definition) is 2. The highest BCUT2D eigenvalue weighted by molar-refractivity contribution is 5.87. The van der Waals surface area contributed by atoms with Gasteiger partial charge in [0.25, 0.3) is 0 Å². The molecular weight excluding hydrogens is 306 g/mol. The number of nitrogens with one attached hydrogen (secondary N) is 1. The maximum Gasteiger partial charge on any atom is 0.222 e. The lowest BCUT2D eigenvalue weighted by molar-refractivity contribution is 0.412. The Hall–Kier alpha value is -3.42. The molecule has 8 nitrogen and oxygen atoms in total. The summed E-state index contributed by atoms with van der Waals surface area (Å²) < 4.78 is 6.88. The van der Waals surface area contributed by atoms with E-state index >= 15 is 0 Å². The molecule has 0 bridgehead atoms. The molecule has 0 atom stereocenters. The minimum atomic E-state index is 0.223. The second-order valence-electron chi connectivity index (χ2n) is 5.27. The summed E-state index contributed by atoms with van der Waals surface area (Å²) in [6.07, 6.45) is 5.26. The van der Waals surface area contributed by atoms with Gasteiger partial charge in [0, 0.05) is 18.5 Å². The lowest BCUT2D eigenvalue weighted by atomic mass is 10.3. The number of rotatable bonds is 5. The zero-order chi connectivity index (χ0) is 16.4. The monoisotopic (exact) mass is 321 g/mol. The highest BCUT2D eigenvalue weighted by Crippen LogP contribution is 2.23.